The monoisotopic (exact) mass is 360 g/mol. The standard InChI is InChI=1S/C22H20N2O3/c1-26-21-10-6-5-9-19(21)15-23-24-22(25)18-11-13-20(14-12-18)27-16-17-7-3-2-4-8-17/h2-15H,16H2,1H3,(H,24,25). The Labute approximate surface area is 158 Å². The number of methoxy groups -OCH3 is 1. The van der Waals surface area contributed by atoms with Gasteiger partial charge in [-0.2, -0.15) is 5.10 Å². The Bertz CT molecular complexity index is 906. The van der Waals surface area contributed by atoms with Gasteiger partial charge in [-0.3, -0.25) is 4.79 Å². The second-order valence-electron chi connectivity index (χ2n) is 5.74. The molecule has 0 spiro atoms. The zero-order valence-electron chi connectivity index (χ0n) is 15.0. The first-order valence-electron chi connectivity index (χ1n) is 8.49. The second kappa shape index (κ2) is 9.20. The second-order valence-corrected chi connectivity index (χ2v) is 5.74. The van der Waals surface area contributed by atoms with Crippen LogP contribution in [0.4, 0.5) is 0 Å². The van der Waals surface area contributed by atoms with Gasteiger partial charge in [0.05, 0.1) is 13.3 Å². The lowest BCUT2D eigenvalue weighted by atomic mass is 10.2. The number of hydrazone groups is 1. The van der Waals surface area contributed by atoms with Crippen molar-refractivity contribution in [3.63, 3.8) is 0 Å². The molecule has 1 amide bonds. The van der Waals surface area contributed by atoms with E-state index in [0.29, 0.717) is 23.7 Å². The molecule has 3 rings (SSSR count). The SMILES string of the molecule is COc1ccccc1C=NNC(=O)c1ccc(OCc2ccccc2)cc1. The topological polar surface area (TPSA) is 59.9 Å². The molecule has 0 aromatic heterocycles. The Balaban J connectivity index is 1.55. The molecule has 0 fully saturated rings. The summed E-state index contributed by atoms with van der Waals surface area (Å²) < 4.78 is 11.0. The molecule has 0 atom stereocenters. The lowest BCUT2D eigenvalue weighted by Gasteiger charge is -2.07. The summed E-state index contributed by atoms with van der Waals surface area (Å²) >= 11 is 0. The van der Waals surface area contributed by atoms with E-state index in [0.717, 1.165) is 11.1 Å². The van der Waals surface area contributed by atoms with Crippen LogP contribution in [0.1, 0.15) is 21.5 Å². The van der Waals surface area contributed by atoms with Gasteiger partial charge in [0, 0.05) is 11.1 Å². The Morgan fingerprint density at radius 3 is 2.41 bits per heavy atom. The van der Waals surface area contributed by atoms with Crippen molar-refractivity contribution in [2.75, 3.05) is 7.11 Å². The Morgan fingerprint density at radius 1 is 0.963 bits per heavy atom. The van der Waals surface area contributed by atoms with Crippen molar-refractivity contribution < 1.29 is 14.3 Å². The van der Waals surface area contributed by atoms with Crippen LogP contribution in [0.2, 0.25) is 0 Å². The van der Waals surface area contributed by atoms with Gasteiger partial charge >= 0.3 is 0 Å². The van der Waals surface area contributed by atoms with E-state index in [1.807, 2.05) is 54.6 Å². The predicted octanol–water partition coefficient (Wildman–Crippen LogP) is 4.04. The number of hydrogen-bond donors (Lipinski definition) is 1. The van der Waals surface area contributed by atoms with Crippen molar-refractivity contribution in [1.29, 1.82) is 0 Å². The molecular formula is C22H20N2O3. The third-order valence-electron chi connectivity index (χ3n) is 3.87. The van der Waals surface area contributed by atoms with Crippen molar-refractivity contribution in [3.05, 3.63) is 95.6 Å². The van der Waals surface area contributed by atoms with E-state index in [-0.39, 0.29) is 5.91 Å². The van der Waals surface area contributed by atoms with Gasteiger partial charge in [-0.05, 0) is 42.0 Å². The zero-order valence-corrected chi connectivity index (χ0v) is 15.0. The maximum atomic E-state index is 12.2. The van der Waals surface area contributed by atoms with E-state index >= 15 is 0 Å². The van der Waals surface area contributed by atoms with E-state index in [9.17, 15) is 4.79 Å². The van der Waals surface area contributed by atoms with Gasteiger partial charge in [-0.25, -0.2) is 5.43 Å². The lowest BCUT2D eigenvalue weighted by molar-refractivity contribution is 0.0955. The van der Waals surface area contributed by atoms with Crippen LogP contribution in [0, 0.1) is 0 Å². The van der Waals surface area contributed by atoms with Crippen molar-refractivity contribution in [2.45, 2.75) is 6.61 Å². The van der Waals surface area contributed by atoms with Crippen LogP contribution in [0.3, 0.4) is 0 Å². The number of ether oxygens (including phenoxy) is 2. The minimum atomic E-state index is -0.296. The van der Waals surface area contributed by atoms with Crippen molar-refractivity contribution >= 4 is 12.1 Å². The van der Waals surface area contributed by atoms with Crippen molar-refractivity contribution in [1.82, 2.24) is 5.43 Å². The average Bonchev–Trinajstić information content (AvgIpc) is 2.73. The highest BCUT2D eigenvalue weighted by atomic mass is 16.5. The molecule has 27 heavy (non-hydrogen) atoms. The molecule has 136 valence electrons. The number of nitrogens with one attached hydrogen (secondary N) is 1. The van der Waals surface area contributed by atoms with E-state index in [2.05, 4.69) is 10.5 Å². The summed E-state index contributed by atoms with van der Waals surface area (Å²) in [4.78, 5) is 12.2. The number of nitrogens with zero attached hydrogens (tertiary/aromatic N) is 1. The average molecular weight is 360 g/mol. The number of carbonyl (C=O) groups excluding carboxylic acids is 1. The molecule has 1 N–H and O–H groups in total. The largest absolute Gasteiger partial charge is 0.496 e. The molecule has 0 aliphatic rings. The number of para-hydroxylation sites is 1. The summed E-state index contributed by atoms with van der Waals surface area (Å²) in [7, 11) is 1.59. The minimum Gasteiger partial charge on any atom is -0.496 e. The van der Waals surface area contributed by atoms with Gasteiger partial charge in [-0.1, -0.05) is 42.5 Å². The fourth-order valence-corrected chi connectivity index (χ4v) is 2.44. The molecule has 0 heterocycles. The van der Waals surface area contributed by atoms with Gasteiger partial charge < -0.3 is 9.47 Å². The first-order valence-corrected chi connectivity index (χ1v) is 8.49. The predicted molar refractivity (Wildman–Crippen MR) is 105 cm³/mol. The number of carbonyl (C=O) groups is 1. The zero-order chi connectivity index (χ0) is 18.9. The molecule has 0 aliphatic carbocycles. The Hall–Kier alpha value is -3.60. The number of hydrogen-bond acceptors (Lipinski definition) is 4. The van der Waals surface area contributed by atoms with Gasteiger partial charge in [0.25, 0.3) is 5.91 Å². The molecule has 3 aromatic rings. The van der Waals surface area contributed by atoms with Crippen LogP contribution >= 0.6 is 0 Å². The van der Waals surface area contributed by atoms with Crippen LogP contribution in [0.15, 0.2) is 84.0 Å². The third kappa shape index (κ3) is 5.19. The first-order chi connectivity index (χ1) is 13.3. The van der Waals surface area contributed by atoms with Crippen LogP contribution < -0.4 is 14.9 Å². The fourth-order valence-electron chi connectivity index (χ4n) is 2.44. The maximum Gasteiger partial charge on any atom is 0.271 e. The van der Waals surface area contributed by atoms with E-state index in [1.54, 1.807) is 37.6 Å². The summed E-state index contributed by atoms with van der Waals surface area (Å²) in [5.74, 6) is 1.10. The van der Waals surface area contributed by atoms with Gasteiger partial charge in [0.1, 0.15) is 18.1 Å². The van der Waals surface area contributed by atoms with Gasteiger partial charge in [0.15, 0.2) is 0 Å². The molecule has 0 saturated heterocycles. The Kier molecular flexibility index (Phi) is 6.20. The first kappa shape index (κ1) is 18.2. The summed E-state index contributed by atoms with van der Waals surface area (Å²) in [5, 5.41) is 3.99. The molecule has 0 bridgehead atoms. The molecule has 0 saturated carbocycles. The van der Waals surface area contributed by atoms with Crippen molar-refractivity contribution in [3.8, 4) is 11.5 Å². The molecule has 5 heteroatoms. The molecule has 0 unspecified atom stereocenters. The number of benzene rings is 3. The smallest absolute Gasteiger partial charge is 0.271 e. The number of rotatable bonds is 7. The highest BCUT2D eigenvalue weighted by Gasteiger charge is 2.05. The highest BCUT2D eigenvalue weighted by Crippen LogP contribution is 2.15. The minimum absolute atomic E-state index is 0.296. The molecule has 0 radical (unpaired) electrons. The van der Waals surface area contributed by atoms with Crippen LogP contribution in [0.5, 0.6) is 11.5 Å². The fraction of sp³-hybridized carbons (Fsp3) is 0.0909. The van der Waals surface area contributed by atoms with Crippen LogP contribution in [-0.2, 0) is 6.61 Å². The molecule has 3 aromatic carbocycles. The van der Waals surface area contributed by atoms with Crippen molar-refractivity contribution in [2.24, 2.45) is 5.10 Å². The number of amides is 1. The quantitative estimate of drug-likeness (QED) is 0.511. The van der Waals surface area contributed by atoms with Gasteiger partial charge in [0.2, 0.25) is 0 Å². The van der Waals surface area contributed by atoms with Crippen LogP contribution in [-0.4, -0.2) is 19.2 Å². The van der Waals surface area contributed by atoms with E-state index in [1.165, 1.54) is 0 Å². The molecule has 0 aliphatic heterocycles. The van der Waals surface area contributed by atoms with Gasteiger partial charge in [-0.15, -0.1) is 0 Å². The van der Waals surface area contributed by atoms with E-state index < -0.39 is 0 Å². The normalized spacial score (nSPS) is 10.6. The third-order valence-corrected chi connectivity index (χ3v) is 3.87. The lowest BCUT2D eigenvalue weighted by Crippen LogP contribution is -2.17. The summed E-state index contributed by atoms with van der Waals surface area (Å²) in [6.45, 7) is 0.482. The summed E-state index contributed by atoms with van der Waals surface area (Å²) in [6.07, 6.45) is 1.55. The Morgan fingerprint density at radius 2 is 1.67 bits per heavy atom. The summed E-state index contributed by atoms with van der Waals surface area (Å²) in [6, 6.07) is 24.3. The van der Waals surface area contributed by atoms with Crippen LogP contribution in [0.25, 0.3) is 0 Å². The maximum absolute atomic E-state index is 12.2. The molecule has 5 nitrogen and oxygen atoms in total. The highest BCUT2D eigenvalue weighted by molar-refractivity contribution is 5.95. The van der Waals surface area contributed by atoms with E-state index in [4.69, 9.17) is 9.47 Å². The molecular weight excluding hydrogens is 340 g/mol. The summed E-state index contributed by atoms with van der Waals surface area (Å²) in [5.41, 5.74) is 4.88.